The fourth-order valence-electron chi connectivity index (χ4n) is 1.11. The highest BCUT2D eigenvalue weighted by Crippen LogP contribution is 2.27. The first-order valence-electron chi connectivity index (χ1n) is 4.44. The van der Waals surface area contributed by atoms with E-state index in [1.807, 2.05) is 0 Å². The van der Waals surface area contributed by atoms with Crippen molar-refractivity contribution in [2.75, 3.05) is 5.73 Å². The second-order valence-corrected chi connectivity index (χ2v) is 3.91. The van der Waals surface area contributed by atoms with Crippen LogP contribution in [0.1, 0.15) is 5.56 Å². The quantitative estimate of drug-likeness (QED) is 0.373. The van der Waals surface area contributed by atoms with E-state index in [-0.39, 0.29) is 12.5 Å². The number of nitrogens with two attached hydrogens (primary N) is 2. The Bertz CT molecular complexity index is 453. The van der Waals surface area contributed by atoms with Gasteiger partial charge in [0.15, 0.2) is 5.96 Å². The molecule has 0 aliphatic carbocycles. The molecule has 6 N–H and O–H groups in total. The second-order valence-electron chi connectivity index (χ2n) is 3.10. The molecule has 1 amide bonds. The van der Waals surface area contributed by atoms with Gasteiger partial charge in [-0.2, -0.15) is 0 Å². The zero-order valence-electron chi connectivity index (χ0n) is 8.58. The smallest absolute Gasteiger partial charge is 0.434 e. The minimum Gasteiger partial charge on any atom is -0.463 e. The number of halogens is 2. The number of benzene rings is 1. The summed E-state index contributed by atoms with van der Waals surface area (Å²) in [5, 5.41) is 11.7. The summed E-state index contributed by atoms with van der Waals surface area (Å²) in [6.45, 7) is 0.153. The lowest BCUT2D eigenvalue weighted by Crippen LogP contribution is -2.32. The van der Waals surface area contributed by atoms with Gasteiger partial charge in [0.25, 0.3) is 0 Å². The number of carbonyl (C=O) groups is 1. The molecule has 0 radical (unpaired) electrons. The highest BCUT2D eigenvalue weighted by atomic mass is 35.5. The number of anilines is 1. The van der Waals surface area contributed by atoms with E-state index < -0.39 is 6.09 Å². The molecule has 0 aliphatic heterocycles. The van der Waals surface area contributed by atoms with Crippen LogP contribution in [0.25, 0.3) is 0 Å². The second kappa shape index (κ2) is 5.60. The number of carboxylic acid groups (broad SMARTS) is 1. The van der Waals surface area contributed by atoms with Gasteiger partial charge < -0.3 is 21.9 Å². The number of rotatable bonds is 2. The normalized spacial score (nSPS) is 11.3. The molecule has 0 saturated carbocycles. The molecule has 0 atom stereocenters. The first-order valence-corrected chi connectivity index (χ1v) is 5.20. The van der Waals surface area contributed by atoms with Crippen LogP contribution < -0.4 is 16.8 Å². The van der Waals surface area contributed by atoms with Crippen molar-refractivity contribution in [3.05, 3.63) is 27.7 Å². The number of aliphatic imine (C=N–C) groups is 1. The topological polar surface area (TPSA) is 114 Å². The van der Waals surface area contributed by atoms with Gasteiger partial charge >= 0.3 is 6.09 Å². The summed E-state index contributed by atoms with van der Waals surface area (Å²) in [7, 11) is 0. The van der Waals surface area contributed by atoms with Crippen molar-refractivity contribution < 1.29 is 9.90 Å². The molecule has 0 fully saturated rings. The molecule has 17 heavy (non-hydrogen) atoms. The lowest BCUT2D eigenvalue weighted by molar-refractivity contribution is 0.205. The summed E-state index contributed by atoms with van der Waals surface area (Å²) in [4.78, 5) is 13.3. The summed E-state index contributed by atoms with van der Waals surface area (Å²) in [5.74, 6) is -0.235. The molecule has 0 unspecified atom stereocenters. The predicted molar refractivity (Wildman–Crippen MR) is 67.4 cm³/mol. The largest absolute Gasteiger partial charge is 0.463 e. The van der Waals surface area contributed by atoms with E-state index in [4.69, 9.17) is 39.8 Å². The van der Waals surface area contributed by atoms with E-state index in [1.165, 1.54) is 12.1 Å². The lowest BCUT2D eigenvalue weighted by atomic mass is 10.2. The van der Waals surface area contributed by atoms with Gasteiger partial charge in [-0.15, -0.1) is 4.99 Å². The summed E-state index contributed by atoms with van der Waals surface area (Å²) in [6, 6.07) is 3.07. The molecule has 0 heterocycles. The molecular formula is C9H10Cl2N4O2. The van der Waals surface area contributed by atoms with Crippen LogP contribution >= 0.6 is 23.2 Å². The van der Waals surface area contributed by atoms with Gasteiger partial charge in [0, 0.05) is 27.8 Å². The number of nitrogens with one attached hydrogen (secondary N) is 1. The molecule has 0 aromatic heterocycles. The molecule has 8 heteroatoms. The van der Waals surface area contributed by atoms with Crippen LogP contribution in [0.2, 0.25) is 10.0 Å². The van der Waals surface area contributed by atoms with Crippen LogP contribution in [0.5, 0.6) is 0 Å². The van der Waals surface area contributed by atoms with Gasteiger partial charge in [0.05, 0.1) is 0 Å². The van der Waals surface area contributed by atoms with Gasteiger partial charge in [0.2, 0.25) is 0 Å². The van der Waals surface area contributed by atoms with E-state index in [1.54, 1.807) is 0 Å². The standard InChI is InChI=1S/C9H10Cl2N4O2/c10-6-1-4(12)2-7(11)5(6)3-14-8(13)15-9(16)17/h1-2H,3,12H2,(H,16,17)(H3,13,14,15). The Morgan fingerprint density at radius 2 is 1.94 bits per heavy atom. The number of guanidine groups is 1. The third-order valence-corrected chi connectivity index (χ3v) is 2.50. The van der Waals surface area contributed by atoms with Crippen LogP contribution in [0.4, 0.5) is 10.5 Å². The molecule has 0 spiro atoms. The summed E-state index contributed by atoms with van der Waals surface area (Å²) in [6.07, 6.45) is -1.38. The van der Waals surface area contributed by atoms with Crippen LogP contribution in [-0.2, 0) is 6.54 Å². The van der Waals surface area contributed by atoms with E-state index in [9.17, 15) is 4.79 Å². The van der Waals surface area contributed by atoms with Crippen LogP contribution in [0.15, 0.2) is 17.1 Å². The van der Waals surface area contributed by atoms with Crippen molar-refractivity contribution in [3.8, 4) is 0 Å². The Morgan fingerprint density at radius 1 is 1.41 bits per heavy atom. The van der Waals surface area contributed by atoms with Crippen molar-refractivity contribution in [2.45, 2.75) is 6.54 Å². The van der Waals surface area contributed by atoms with Crippen LogP contribution in [0.3, 0.4) is 0 Å². The van der Waals surface area contributed by atoms with Gasteiger partial charge in [-0.05, 0) is 12.1 Å². The maximum atomic E-state index is 10.2. The Labute approximate surface area is 107 Å². The van der Waals surface area contributed by atoms with Crippen molar-refractivity contribution in [3.63, 3.8) is 0 Å². The maximum Gasteiger partial charge on any atom is 0.434 e. The molecule has 0 saturated heterocycles. The Morgan fingerprint density at radius 3 is 2.41 bits per heavy atom. The van der Waals surface area contributed by atoms with Crippen LogP contribution in [-0.4, -0.2) is 17.2 Å². The third-order valence-electron chi connectivity index (χ3n) is 1.83. The number of amides is 1. The highest BCUT2D eigenvalue weighted by Gasteiger charge is 2.07. The van der Waals surface area contributed by atoms with Gasteiger partial charge in [0.1, 0.15) is 0 Å². The zero-order chi connectivity index (χ0) is 13.0. The molecular weight excluding hydrogens is 267 g/mol. The fourth-order valence-corrected chi connectivity index (χ4v) is 1.75. The molecule has 6 nitrogen and oxygen atoms in total. The first kappa shape index (κ1) is 13.4. The minimum absolute atomic E-state index is 0.153. The van der Waals surface area contributed by atoms with Gasteiger partial charge in [-0.3, -0.25) is 0 Å². The lowest BCUT2D eigenvalue weighted by Gasteiger charge is -2.09. The predicted octanol–water partition coefficient (Wildman–Crippen LogP) is 1.66. The number of nitrogen functional groups attached to an aromatic ring is 1. The van der Waals surface area contributed by atoms with E-state index in [0.717, 1.165) is 0 Å². The molecule has 1 rings (SSSR count). The van der Waals surface area contributed by atoms with E-state index in [0.29, 0.717) is 21.3 Å². The van der Waals surface area contributed by atoms with E-state index in [2.05, 4.69) is 10.3 Å². The van der Waals surface area contributed by atoms with Gasteiger partial charge in [-0.25, -0.2) is 4.79 Å². The Kier molecular flexibility index (Phi) is 4.42. The number of nitrogens with zero attached hydrogens (tertiary/aromatic N) is 1. The minimum atomic E-state index is -1.38. The summed E-state index contributed by atoms with van der Waals surface area (Å²) < 4.78 is 0. The molecule has 1 aromatic rings. The third kappa shape index (κ3) is 4.01. The molecule has 1 aromatic carbocycles. The fraction of sp³-hybridized carbons (Fsp3) is 0.111. The summed E-state index contributed by atoms with van der Waals surface area (Å²) >= 11 is 11.8. The van der Waals surface area contributed by atoms with Crippen molar-refractivity contribution in [1.82, 2.24) is 5.32 Å². The Balaban J connectivity index is 2.80. The maximum absolute atomic E-state index is 10.2. The van der Waals surface area contributed by atoms with Crippen molar-refractivity contribution >= 4 is 40.9 Å². The van der Waals surface area contributed by atoms with Crippen molar-refractivity contribution in [1.29, 1.82) is 0 Å². The van der Waals surface area contributed by atoms with Crippen molar-refractivity contribution in [2.24, 2.45) is 10.7 Å². The Hall–Kier alpha value is -1.66. The van der Waals surface area contributed by atoms with Gasteiger partial charge in [-0.1, -0.05) is 23.2 Å². The van der Waals surface area contributed by atoms with Crippen LogP contribution in [0, 0.1) is 0 Å². The molecule has 0 aliphatic rings. The SMILES string of the molecule is N/C(=N\C(=O)O)NCc1c(Cl)cc(N)cc1Cl. The number of hydrogen-bond donors (Lipinski definition) is 4. The highest BCUT2D eigenvalue weighted by molar-refractivity contribution is 6.36. The average Bonchev–Trinajstić information content (AvgIpc) is 2.14. The molecule has 92 valence electrons. The first-order chi connectivity index (χ1) is 7.90. The monoisotopic (exact) mass is 276 g/mol. The van der Waals surface area contributed by atoms with E-state index >= 15 is 0 Å². The zero-order valence-corrected chi connectivity index (χ0v) is 10.1. The molecule has 0 bridgehead atoms. The average molecular weight is 277 g/mol. The number of hydrogen-bond acceptors (Lipinski definition) is 2. The summed E-state index contributed by atoms with van der Waals surface area (Å²) in [5.41, 5.74) is 11.8.